The van der Waals surface area contributed by atoms with Crippen molar-refractivity contribution in [1.82, 2.24) is 15.1 Å². The number of aryl methyl sites for hydroxylation is 1. The summed E-state index contributed by atoms with van der Waals surface area (Å²) in [5.74, 6) is -0.627. The molecule has 0 amide bonds. The second-order valence-electron chi connectivity index (χ2n) is 4.69. The molecule has 108 valence electrons. The third-order valence-electron chi connectivity index (χ3n) is 3.57. The molecule has 19 heavy (non-hydrogen) atoms. The molecule has 2 heterocycles. The maximum absolute atomic E-state index is 12.6. The zero-order valence-corrected chi connectivity index (χ0v) is 11.0. The summed E-state index contributed by atoms with van der Waals surface area (Å²) < 4.78 is 44.9. The molecule has 0 spiro atoms. The van der Waals surface area contributed by atoms with Crippen molar-refractivity contribution < 1.29 is 17.9 Å². The van der Waals surface area contributed by atoms with Gasteiger partial charge >= 0.3 is 6.18 Å². The summed E-state index contributed by atoms with van der Waals surface area (Å²) in [6.07, 6.45) is -1.94. The number of aromatic nitrogens is 2. The topological polar surface area (TPSA) is 39.1 Å². The van der Waals surface area contributed by atoms with Crippen LogP contribution < -0.4 is 10.1 Å². The first-order valence-electron chi connectivity index (χ1n) is 6.37. The van der Waals surface area contributed by atoms with Crippen LogP contribution in [0.25, 0.3) is 0 Å². The first kappa shape index (κ1) is 14.2. The van der Waals surface area contributed by atoms with E-state index in [-0.39, 0.29) is 19.0 Å². The van der Waals surface area contributed by atoms with Gasteiger partial charge in [0.1, 0.15) is 0 Å². The van der Waals surface area contributed by atoms with E-state index < -0.39 is 12.1 Å². The molecule has 2 atom stereocenters. The number of alkyl halides is 3. The van der Waals surface area contributed by atoms with Crippen LogP contribution in [0, 0.1) is 5.92 Å². The Morgan fingerprint density at radius 2 is 2.21 bits per heavy atom. The quantitative estimate of drug-likeness (QED) is 0.922. The number of hydrogen-bond donors (Lipinski definition) is 1. The van der Waals surface area contributed by atoms with Crippen LogP contribution in [0.15, 0.2) is 6.20 Å². The van der Waals surface area contributed by atoms with E-state index in [0.717, 1.165) is 5.69 Å². The average Bonchev–Trinajstić information content (AvgIpc) is 2.80. The molecule has 7 heteroatoms. The first-order chi connectivity index (χ1) is 8.97. The second kappa shape index (κ2) is 5.40. The normalized spacial score (nSPS) is 24.5. The molecule has 1 N–H and O–H groups in total. The van der Waals surface area contributed by atoms with Crippen LogP contribution in [0.2, 0.25) is 0 Å². The molecule has 0 bridgehead atoms. The van der Waals surface area contributed by atoms with E-state index in [1.165, 1.54) is 0 Å². The van der Waals surface area contributed by atoms with Gasteiger partial charge < -0.3 is 10.1 Å². The smallest absolute Gasteiger partial charge is 0.393 e. The molecule has 1 fully saturated rings. The van der Waals surface area contributed by atoms with Crippen LogP contribution >= 0.6 is 0 Å². The van der Waals surface area contributed by atoms with E-state index in [2.05, 4.69) is 10.4 Å². The zero-order chi connectivity index (χ0) is 14.0. The summed E-state index contributed by atoms with van der Waals surface area (Å²) in [5, 5.41) is 7.14. The maximum atomic E-state index is 12.6. The van der Waals surface area contributed by atoms with Crippen molar-refractivity contribution in [2.75, 3.05) is 13.7 Å². The van der Waals surface area contributed by atoms with E-state index in [4.69, 9.17) is 4.74 Å². The van der Waals surface area contributed by atoms with E-state index in [1.54, 1.807) is 18.0 Å². The molecule has 0 radical (unpaired) electrons. The lowest BCUT2D eigenvalue weighted by Gasteiger charge is -2.31. The highest BCUT2D eigenvalue weighted by atomic mass is 19.4. The van der Waals surface area contributed by atoms with Crippen molar-refractivity contribution in [3.63, 3.8) is 0 Å². The lowest BCUT2D eigenvalue weighted by Crippen LogP contribution is -2.40. The molecule has 1 aliphatic heterocycles. The lowest BCUT2D eigenvalue weighted by atomic mass is 9.92. The van der Waals surface area contributed by atoms with Crippen LogP contribution in [0.5, 0.6) is 5.75 Å². The predicted molar refractivity (Wildman–Crippen MR) is 64.0 cm³/mol. The Balaban J connectivity index is 2.11. The highest BCUT2D eigenvalue weighted by Crippen LogP contribution is 2.37. The molecule has 2 rings (SSSR count). The van der Waals surface area contributed by atoms with E-state index in [0.29, 0.717) is 18.7 Å². The summed E-state index contributed by atoms with van der Waals surface area (Å²) in [6, 6.07) is -0.129. The molecule has 1 aliphatic rings. The maximum Gasteiger partial charge on any atom is 0.393 e. The highest BCUT2D eigenvalue weighted by Gasteiger charge is 2.42. The van der Waals surface area contributed by atoms with Gasteiger partial charge in [0.15, 0.2) is 5.75 Å². The minimum atomic E-state index is -4.12. The van der Waals surface area contributed by atoms with Gasteiger partial charge in [0.25, 0.3) is 0 Å². The van der Waals surface area contributed by atoms with Gasteiger partial charge in [0, 0.05) is 13.1 Å². The number of nitrogens with zero attached hydrogens (tertiary/aromatic N) is 2. The second-order valence-corrected chi connectivity index (χ2v) is 4.69. The number of methoxy groups -OCH3 is 1. The SMILES string of the molecule is CCn1ncc(OC)c1C1CCC(C(F)(F)F)CN1. The zero-order valence-electron chi connectivity index (χ0n) is 11.0. The van der Waals surface area contributed by atoms with Gasteiger partial charge in [-0.15, -0.1) is 0 Å². The Morgan fingerprint density at radius 3 is 2.68 bits per heavy atom. The molecule has 2 unspecified atom stereocenters. The van der Waals surface area contributed by atoms with Gasteiger partial charge in [0.2, 0.25) is 0 Å². The fraction of sp³-hybridized carbons (Fsp3) is 0.750. The minimum absolute atomic E-state index is 0.0494. The van der Waals surface area contributed by atoms with Crippen molar-refractivity contribution in [2.45, 2.75) is 38.5 Å². The lowest BCUT2D eigenvalue weighted by molar-refractivity contribution is -0.179. The summed E-state index contributed by atoms with van der Waals surface area (Å²) in [4.78, 5) is 0. The molecule has 0 aliphatic carbocycles. The summed E-state index contributed by atoms with van der Waals surface area (Å²) in [5.41, 5.74) is 0.839. The minimum Gasteiger partial charge on any atom is -0.493 e. The number of nitrogens with one attached hydrogen (secondary N) is 1. The fourth-order valence-electron chi connectivity index (χ4n) is 2.51. The Kier molecular flexibility index (Phi) is 4.03. The molecule has 4 nitrogen and oxygen atoms in total. The highest BCUT2D eigenvalue weighted by molar-refractivity contribution is 5.28. The summed E-state index contributed by atoms with van der Waals surface area (Å²) in [7, 11) is 1.54. The van der Waals surface area contributed by atoms with Crippen molar-refractivity contribution in [1.29, 1.82) is 0 Å². The van der Waals surface area contributed by atoms with Crippen molar-refractivity contribution >= 4 is 0 Å². The van der Waals surface area contributed by atoms with Gasteiger partial charge in [-0.1, -0.05) is 0 Å². The van der Waals surface area contributed by atoms with Crippen molar-refractivity contribution in [2.24, 2.45) is 5.92 Å². The molecule has 0 saturated carbocycles. The third-order valence-corrected chi connectivity index (χ3v) is 3.57. The van der Waals surface area contributed by atoms with Gasteiger partial charge in [-0.25, -0.2) is 0 Å². The number of halogens is 3. The molecular formula is C12H18F3N3O. The summed E-state index contributed by atoms with van der Waals surface area (Å²) >= 11 is 0. The molecule has 1 saturated heterocycles. The number of hydrogen-bond acceptors (Lipinski definition) is 3. The van der Waals surface area contributed by atoms with E-state index in [9.17, 15) is 13.2 Å². The predicted octanol–water partition coefficient (Wildman–Crippen LogP) is 2.51. The van der Waals surface area contributed by atoms with Crippen LogP contribution in [0.4, 0.5) is 13.2 Å². The average molecular weight is 277 g/mol. The monoisotopic (exact) mass is 277 g/mol. The van der Waals surface area contributed by atoms with Gasteiger partial charge in [0.05, 0.1) is 31.0 Å². The Morgan fingerprint density at radius 1 is 1.47 bits per heavy atom. The van der Waals surface area contributed by atoms with E-state index in [1.807, 2.05) is 6.92 Å². The van der Waals surface area contributed by atoms with Gasteiger partial charge in [-0.2, -0.15) is 18.3 Å². The van der Waals surface area contributed by atoms with Crippen molar-refractivity contribution in [3.8, 4) is 5.75 Å². The van der Waals surface area contributed by atoms with Gasteiger partial charge in [-0.3, -0.25) is 4.68 Å². The van der Waals surface area contributed by atoms with Gasteiger partial charge in [-0.05, 0) is 19.8 Å². The fourth-order valence-corrected chi connectivity index (χ4v) is 2.51. The number of piperidine rings is 1. The standard InChI is InChI=1S/C12H18F3N3O/c1-3-18-11(10(19-2)7-17-18)9-5-4-8(6-16-9)12(13,14)15/h7-9,16H,3-6H2,1-2H3. The molecule has 0 aromatic carbocycles. The first-order valence-corrected chi connectivity index (χ1v) is 6.37. The van der Waals surface area contributed by atoms with Crippen LogP contribution in [0.3, 0.4) is 0 Å². The Bertz CT molecular complexity index is 401. The van der Waals surface area contributed by atoms with Crippen LogP contribution in [-0.4, -0.2) is 29.6 Å². The Labute approximate surface area is 109 Å². The largest absolute Gasteiger partial charge is 0.493 e. The molecule has 1 aromatic rings. The Hall–Kier alpha value is -1.24. The van der Waals surface area contributed by atoms with Crippen LogP contribution in [0.1, 0.15) is 31.5 Å². The number of rotatable bonds is 3. The van der Waals surface area contributed by atoms with E-state index >= 15 is 0 Å². The third kappa shape index (κ3) is 2.86. The summed E-state index contributed by atoms with van der Waals surface area (Å²) in [6.45, 7) is 2.56. The molecule has 1 aromatic heterocycles. The molecular weight excluding hydrogens is 259 g/mol. The van der Waals surface area contributed by atoms with Crippen LogP contribution in [-0.2, 0) is 6.54 Å². The van der Waals surface area contributed by atoms with Crippen molar-refractivity contribution in [3.05, 3.63) is 11.9 Å². The number of ether oxygens (including phenoxy) is 1.